The van der Waals surface area contributed by atoms with Gasteiger partial charge in [-0.25, -0.2) is 4.39 Å². The molecule has 1 aromatic carbocycles. The van der Waals surface area contributed by atoms with Crippen LogP contribution in [0.5, 0.6) is 0 Å². The topological polar surface area (TPSA) is 26.0 Å². The van der Waals surface area contributed by atoms with Crippen molar-refractivity contribution in [2.45, 2.75) is 39.2 Å². The Morgan fingerprint density at radius 3 is 2.07 bits per heavy atom. The third-order valence-electron chi connectivity index (χ3n) is 2.73. The zero-order chi connectivity index (χ0) is 11.4. The Bertz CT molecular complexity index is 290. The summed E-state index contributed by atoms with van der Waals surface area (Å²) in [7, 11) is 0. The van der Waals surface area contributed by atoms with Crippen LogP contribution in [0.25, 0.3) is 0 Å². The van der Waals surface area contributed by atoms with Crippen molar-refractivity contribution < 1.29 is 4.39 Å². The van der Waals surface area contributed by atoms with E-state index in [1.807, 2.05) is 19.1 Å². The summed E-state index contributed by atoms with van der Waals surface area (Å²) in [6.07, 6.45) is 0.948. The van der Waals surface area contributed by atoms with Gasteiger partial charge in [-0.05, 0) is 42.9 Å². The van der Waals surface area contributed by atoms with Crippen LogP contribution in [0, 0.1) is 11.7 Å². The van der Waals surface area contributed by atoms with E-state index < -0.39 is 0 Å². The summed E-state index contributed by atoms with van der Waals surface area (Å²) in [6, 6.07) is 6.95. The molecule has 0 spiro atoms. The lowest BCUT2D eigenvalue weighted by Gasteiger charge is -2.23. The van der Waals surface area contributed by atoms with Gasteiger partial charge in [0.25, 0.3) is 0 Å². The second-order valence-electron chi connectivity index (χ2n) is 4.62. The molecule has 2 heteroatoms. The van der Waals surface area contributed by atoms with Gasteiger partial charge in [0, 0.05) is 6.04 Å². The molecule has 0 fully saturated rings. The van der Waals surface area contributed by atoms with Crippen LogP contribution in [0.3, 0.4) is 0 Å². The minimum atomic E-state index is -0.179. The molecule has 2 unspecified atom stereocenters. The number of nitrogens with two attached hydrogens (primary N) is 1. The fraction of sp³-hybridized carbons (Fsp3) is 0.538. The molecule has 0 heterocycles. The Morgan fingerprint density at radius 2 is 1.67 bits per heavy atom. The van der Waals surface area contributed by atoms with E-state index in [1.54, 1.807) is 0 Å². The highest BCUT2D eigenvalue weighted by Gasteiger charge is 2.17. The molecule has 1 rings (SSSR count). The van der Waals surface area contributed by atoms with E-state index in [9.17, 15) is 4.39 Å². The summed E-state index contributed by atoms with van der Waals surface area (Å²) in [5.41, 5.74) is 7.01. The molecule has 0 aromatic heterocycles. The Labute approximate surface area is 91.5 Å². The molecule has 15 heavy (non-hydrogen) atoms. The number of hydrogen-bond donors (Lipinski definition) is 1. The summed E-state index contributed by atoms with van der Waals surface area (Å²) in [5, 5.41) is 0. The van der Waals surface area contributed by atoms with Crippen molar-refractivity contribution >= 4 is 0 Å². The molecule has 0 amide bonds. The van der Waals surface area contributed by atoms with Crippen molar-refractivity contribution in [2.24, 2.45) is 11.7 Å². The highest BCUT2D eigenvalue weighted by atomic mass is 19.1. The van der Waals surface area contributed by atoms with Crippen molar-refractivity contribution in [3.05, 3.63) is 35.6 Å². The van der Waals surface area contributed by atoms with E-state index in [0.29, 0.717) is 11.8 Å². The maximum Gasteiger partial charge on any atom is 0.123 e. The van der Waals surface area contributed by atoms with Crippen LogP contribution in [-0.4, -0.2) is 6.04 Å². The van der Waals surface area contributed by atoms with E-state index >= 15 is 0 Å². The maximum absolute atomic E-state index is 12.8. The van der Waals surface area contributed by atoms with Gasteiger partial charge in [-0.1, -0.05) is 26.0 Å². The number of halogens is 1. The molecule has 0 aliphatic heterocycles. The third-order valence-corrected chi connectivity index (χ3v) is 2.73. The van der Waals surface area contributed by atoms with Gasteiger partial charge in [0.2, 0.25) is 0 Å². The minimum Gasteiger partial charge on any atom is -0.328 e. The first-order chi connectivity index (χ1) is 7.00. The summed E-state index contributed by atoms with van der Waals surface area (Å²) in [6.45, 7) is 6.37. The SMILES string of the molecule is CC(N)CC(c1ccc(F)cc1)C(C)C. The molecule has 84 valence electrons. The molecule has 0 radical (unpaired) electrons. The Hall–Kier alpha value is -0.890. The zero-order valence-corrected chi connectivity index (χ0v) is 9.70. The van der Waals surface area contributed by atoms with E-state index in [4.69, 9.17) is 5.73 Å². The Morgan fingerprint density at radius 1 is 1.13 bits per heavy atom. The second kappa shape index (κ2) is 5.26. The summed E-state index contributed by atoms with van der Waals surface area (Å²) >= 11 is 0. The molecule has 0 aliphatic rings. The van der Waals surface area contributed by atoms with Crippen LogP contribution in [0.2, 0.25) is 0 Å². The fourth-order valence-corrected chi connectivity index (χ4v) is 1.90. The van der Waals surface area contributed by atoms with Crippen LogP contribution in [0.1, 0.15) is 38.7 Å². The van der Waals surface area contributed by atoms with Crippen molar-refractivity contribution in [3.63, 3.8) is 0 Å². The predicted molar refractivity (Wildman–Crippen MR) is 62.2 cm³/mol. The molecule has 0 saturated carbocycles. The lowest BCUT2D eigenvalue weighted by atomic mass is 9.84. The van der Waals surface area contributed by atoms with Crippen LogP contribution >= 0.6 is 0 Å². The number of benzene rings is 1. The molecule has 2 N–H and O–H groups in total. The van der Waals surface area contributed by atoms with Gasteiger partial charge in [0.15, 0.2) is 0 Å². The first kappa shape index (κ1) is 12.2. The smallest absolute Gasteiger partial charge is 0.123 e. The third kappa shape index (κ3) is 3.63. The Kier molecular flexibility index (Phi) is 4.28. The van der Waals surface area contributed by atoms with E-state index in [0.717, 1.165) is 6.42 Å². The van der Waals surface area contributed by atoms with Gasteiger partial charge in [0.05, 0.1) is 0 Å². The standard InChI is InChI=1S/C13H20FN/c1-9(2)13(8-10(3)15)11-4-6-12(14)7-5-11/h4-7,9-10,13H,8,15H2,1-3H3. The monoisotopic (exact) mass is 209 g/mol. The predicted octanol–water partition coefficient (Wildman–Crippen LogP) is 3.30. The van der Waals surface area contributed by atoms with Crippen molar-refractivity contribution in [1.82, 2.24) is 0 Å². The first-order valence-corrected chi connectivity index (χ1v) is 5.51. The lowest BCUT2D eigenvalue weighted by Crippen LogP contribution is -2.21. The van der Waals surface area contributed by atoms with Gasteiger partial charge in [0.1, 0.15) is 5.82 Å². The van der Waals surface area contributed by atoms with E-state index in [1.165, 1.54) is 17.7 Å². The highest BCUT2D eigenvalue weighted by molar-refractivity contribution is 5.21. The number of rotatable bonds is 4. The number of hydrogen-bond acceptors (Lipinski definition) is 1. The Balaban J connectivity index is 2.84. The molecule has 0 bridgehead atoms. The summed E-state index contributed by atoms with van der Waals surface area (Å²) in [4.78, 5) is 0. The van der Waals surface area contributed by atoms with Gasteiger partial charge < -0.3 is 5.73 Å². The average Bonchev–Trinajstić information content (AvgIpc) is 2.15. The molecule has 1 nitrogen and oxygen atoms in total. The molecular weight excluding hydrogens is 189 g/mol. The lowest BCUT2D eigenvalue weighted by molar-refractivity contribution is 0.437. The van der Waals surface area contributed by atoms with Crippen LogP contribution in [0.4, 0.5) is 4.39 Å². The summed E-state index contributed by atoms with van der Waals surface area (Å²) in [5.74, 6) is 0.772. The molecule has 0 saturated heterocycles. The zero-order valence-electron chi connectivity index (χ0n) is 9.70. The first-order valence-electron chi connectivity index (χ1n) is 5.51. The fourth-order valence-electron chi connectivity index (χ4n) is 1.90. The van der Waals surface area contributed by atoms with Crippen molar-refractivity contribution in [2.75, 3.05) is 0 Å². The van der Waals surface area contributed by atoms with E-state index in [2.05, 4.69) is 13.8 Å². The molecule has 0 aliphatic carbocycles. The maximum atomic E-state index is 12.8. The highest BCUT2D eigenvalue weighted by Crippen LogP contribution is 2.28. The van der Waals surface area contributed by atoms with E-state index in [-0.39, 0.29) is 11.9 Å². The minimum absolute atomic E-state index is 0.179. The van der Waals surface area contributed by atoms with Crippen LogP contribution < -0.4 is 5.73 Å². The van der Waals surface area contributed by atoms with Gasteiger partial charge in [-0.15, -0.1) is 0 Å². The van der Waals surface area contributed by atoms with Gasteiger partial charge in [-0.3, -0.25) is 0 Å². The van der Waals surface area contributed by atoms with Crippen molar-refractivity contribution in [1.29, 1.82) is 0 Å². The van der Waals surface area contributed by atoms with Crippen LogP contribution in [-0.2, 0) is 0 Å². The summed E-state index contributed by atoms with van der Waals surface area (Å²) < 4.78 is 12.8. The second-order valence-corrected chi connectivity index (χ2v) is 4.62. The normalized spacial score (nSPS) is 15.3. The van der Waals surface area contributed by atoms with Crippen LogP contribution in [0.15, 0.2) is 24.3 Å². The van der Waals surface area contributed by atoms with Gasteiger partial charge in [-0.2, -0.15) is 0 Å². The molecular formula is C13H20FN. The quantitative estimate of drug-likeness (QED) is 0.809. The average molecular weight is 209 g/mol. The molecule has 1 aromatic rings. The van der Waals surface area contributed by atoms with Crippen molar-refractivity contribution in [3.8, 4) is 0 Å². The van der Waals surface area contributed by atoms with Gasteiger partial charge >= 0.3 is 0 Å². The molecule has 2 atom stereocenters. The largest absolute Gasteiger partial charge is 0.328 e.